The first-order valence-corrected chi connectivity index (χ1v) is 8.36. The molecule has 0 atom stereocenters. The van der Waals surface area contributed by atoms with Crippen LogP contribution in [-0.2, 0) is 12.3 Å². The highest BCUT2D eigenvalue weighted by Crippen LogP contribution is 2.26. The number of rotatable bonds is 6. The molecule has 0 unspecified atom stereocenters. The minimum atomic E-state index is 0.532. The summed E-state index contributed by atoms with van der Waals surface area (Å²) in [6, 6.07) is 8.74. The minimum absolute atomic E-state index is 0.532. The lowest BCUT2D eigenvalue weighted by Crippen LogP contribution is -2.04. The van der Waals surface area contributed by atoms with Gasteiger partial charge in [0.25, 0.3) is 0 Å². The second-order valence-corrected chi connectivity index (χ2v) is 6.73. The van der Waals surface area contributed by atoms with Gasteiger partial charge in [-0.1, -0.05) is 26.0 Å². The molecule has 0 radical (unpaired) electrons. The molecule has 0 fully saturated rings. The highest BCUT2D eigenvalue weighted by molar-refractivity contribution is 7.98. The van der Waals surface area contributed by atoms with E-state index in [1.54, 1.807) is 11.3 Å². The van der Waals surface area contributed by atoms with Crippen LogP contribution >= 0.6 is 23.1 Å². The van der Waals surface area contributed by atoms with Gasteiger partial charge < -0.3 is 5.32 Å². The van der Waals surface area contributed by atoms with E-state index >= 15 is 0 Å². The van der Waals surface area contributed by atoms with Crippen LogP contribution in [0, 0.1) is 0 Å². The molecule has 0 amide bonds. The molecular weight excluding hydrogens is 272 g/mol. The Hall–Kier alpha value is -0.840. The Morgan fingerprint density at radius 1 is 1.26 bits per heavy atom. The van der Waals surface area contributed by atoms with Gasteiger partial charge in [-0.2, -0.15) is 0 Å². The number of benzene rings is 1. The number of nitrogens with one attached hydrogen (secondary N) is 1. The molecule has 0 spiro atoms. The SMILES string of the molecule is CNCc1ccc(SCc2csc(C(C)C)n2)cc1. The molecule has 1 N–H and O–H groups in total. The topological polar surface area (TPSA) is 24.9 Å². The van der Waals surface area contributed by atoms with Crippen molar-refractivity contribution in [2.45, 2.75) is 37.0 Å². The minimum Gasteiger partial charge on any atom is -0.316 e. The van der Waals surface area contributed by atoms with E-state index in [0.717, 1.165) is 12.3 Å². The summed E-state index contributed by atoms with van der Waals surface area (Å²) in [6.07, 6.45) is 0. The lowest BCUT2D eigenvalue weighted by molar-refractivity contribution is 0.817. The first-order valence-electron chi connectivity index (χ1n) is 6.49. The highest BCUT2D eigenvalue weighted by atomic mass is 32.2. The number of hydrogen-bond acceptors (Lipinski definition) is 4. The van der Waals surface area contributed by atoms with Crippen molar-refractivity contribution in [3.63, 3.8) is 0 Å². The molecule has 4 heteroatoms. The summed E-state index contributed by atoms with van der Waals surface area (Å²) in [4.78, 5) is 5.96. The standard InChI is InChI=1S/C15H20N2S2/c1-11(2)15-17-13(10-19-15)9-18-14-6-4-12(5-7-14)8-16-3/h4-7,10-11,16H,8-9H2,1-3H3. The Kier molecular flexibility index (Phi) is 5.43. The fraction of sp³-hybridized carbons (Fsp3) is 0.400. The van der Waals surface area contributed by atoms with E-state index in [1.807, 2.05) is 18.8 Å². The summed E-state index contributed by atoms with van der Waals surface area (Å²) >= 11 is 3.62. The van der Waals surface area contributed by atoms with Crippen molar-refractivity contribution in [3.8, 4) is 0 Å². The van der Waals surface area contributed by atoms with Gasteiger partial charge in [-0.05, 0) is 24.7 Å². The van der Waals surface area contributed by atoms with Crippen LogP contribution in [0.5, 0.6) is 0 Å². The predicted molar refractivity (Wildman–Crippen MR) is 85.0 cm³/mol. The molecular formula is C15H20N2S2. The van der Waals surface area contributed by atoms with E-state index in [4.69, 9.17) is 0 Å². The van der Waals surface area contributed by atoms with Crippen molar-refractivity contribution in [1.29, 1.82) is 0 Å². The monoisotopic (exact) mass is 292 g/mol. The van der Waals surface area contributed by atoms with Crippen molar-refractivity contribution >= 4 is 23.1 Å². The third-order valence-corrected chi connectivity index (χ3v) is 4.99. The van der Waals surface area contributed by atoms with E-state index in [9.17, 15) is 0 Å². The van der Waals surface area contributed by atoms with E-state index < -0.39 is 0 Å². The smallest absolute Gasteiger partial charge is 0.0954 e. The summed E-state index contributed by atoms with van der Waals surface area (Å²) in [5, 5.41) is 6.57. The first kappa shape index (κ1) is 14.6. The van der Waals surface area contributed by atoms with Gasteiger partial charge in [0.05, 0.1) is 10.7 Å². The highest BCUT2D eigenvalue weighted by Gasteiger charge is 2.06. The van der Waals surface area contributed by atoms with Gasteiger partial charge >= 0.3 is 0 Å². The molecule has 0 saturated heterocycles. The maximum atomic E-state index is 4.66. The maximum Gasteiger partial charge on any atom is 0.0954 e. The van der Waals surface area contributed by atoms with E-state index in [-0.39, 0.29) is 0 Å². The Morgan fingerprint density at radius 3 is 2.58 bits per heavy atom. The van der Waals surface area contributed by atoms with Crippen molar-refractivity contribution in [2.24, 2.45) is 0 Å². The Bertz CT molecular complexity index is 503. The van der Waals surface area contributed by atoms with Gasteiger partial charge in [-0.25, -0.2) is 4.98 Å². The molecule has 1 aromatic carbocycles. The van der Waals surface area contributed by atoms with Gasteiger partial charge in [-0.15, -0.1) is 23.1 Å². The van der Waals surface area contributed by atoms with Crippen LogP contribution in [0.2, 0.25) is 0 Å². The fourth-order valence-electron chi connectivity index (χ4n) is 1.72. The lowest BCUT2D eigenvalue weighted by Gasteiger charge is -2.03. The van der Waals surface area contributed by atoms with Crippen molar-refractivity contribution in [2.75, 3.05) is 7.05 Å². The predicted octanol–water partition coefficient (Wildman–Crippen LogP) is 4.28. The number of aromatic nitrogens is 1. The fourth-order valence-corrected chi connectivity index (χ4v) is 3.45. The average Bonchev–Trinajstić information content (AvgIpc) is 2.87. The third kappa shape index (κ3) is 4.34. The zero-order valence-corrected chi connectivity index (χ0v) is 13.3. The molecule has 19 heavy (non-hydrogen) atoms. The van der Waals surface area contributed by atoms with Crippen LogP contribution in [0.4, 0.5) is 0 Å². The Labute approximate surface area is 123 Å². The van der Waals surface area contributed by atoms with Crippen LogP contribution in [0.3, 0.4) is 0 Å². The van der Waals surface area contributed by atoms with Crippen molar-refractivity contribution in [3.05, 3.63) is 45.9 Å². The normalized spacial score (nSPS) is 11.2. The summed E-state index contributed by atoms with van der Waals surface area (Å²) in [5.41, 5.74) is 2.51. The summed E-state index contributed by atoms with van der Waals surface area (Å²) in [7, 11) is 1.97. The molecule has 1 aromatic heterocycles. The summed E-state index contributed by atoms with van der Waals surface area (Å²) in [5.74, 6) is 1.48. The number of thioether (sulfide) groups is 1. The molecule has 0 aliphatic rings. The Morgan fingerprint density at radius 2 is 2.00 bits per heavy atom. The van der Waals surface area contributed by atoms with E-state index in [0.29, 0.717) is 5.92 Å². The first-order chi connectivity index (χ1) is 9.19. The molecule has 2 aromatic rings. The number of nitrogens with zero attached hydrogens (tertiary/aromatic N) is 1. The van der Waals surface area contributed by atoms with E-state index in [1.165, 1.54) is 21.2 Å². The largest absolute Gasteiger partial charge is 0.316 e. The zero-order valence-electron chi connectivity index (χ0n) is 11.6. The third-order valence-electron chi connectivity index (χ3n) is 2.75. The van der Waals surface area contributed by atoms with Crippen molar-refractivity contribution < 1.29 is 0 Å². The summed E-state index contributed by atoms with van der Waals surface area (Å²) < 4.78 is 0. The number of hydrogen-bond donors (Lipinski definition) is 1. The molecule has 0 aliphatic carbocycles. The van der Waals surface area contributed by atoms with Crippen LogP contribution < -0.4 is 5.32 Å². The average molecular weight is 292 g/mol. The van der Waals surface area contributed by atoms with Crippen molar-refractivity contribution in [1.82, 2.24) is 10.3 Å². The van der Waals surface area contributed by atoms with Gasteiger partial charge in [0.1, 0.15) is 0 Å². The molecule has 0 bridgehead atoms. The molecule has 1 heterocycles. The Balaban J connectivity index is 1.90. The maximum absolute atomic E-state index is 4.66. The second-order valence-electron chi connectivity index (χ2n) is 4.79. The van der Waals surface area contributed by atoms with Crippen LogP contribution in [-0.4, -0.2) is 12.0 Å². The van der Waals surface area contributed by atoms with Crippen LogP contribution in [0.25, 0.3) is 0 Å². The van der Waals surface area contributed by atoms with Crippen LogP contribution in [0.15, 0.2) is 34.5 Å². The molecule has 0 aliphatic heterocycles. The quantitative estimate of drug-likeness (QED) is 0.804. The van der Waals surface area contributed by atoms with Crippen LogP contribution in [0.1, 0.15) is 36.0 Å². The molecule has 2 nitrogen and oxygen atoms in total. The summed E-state index contributed by atoms with van der Waals surface area (Å²) in [6.45, 7) is 5.31. The van der Waals surface area contributed by atoms with Gasteiger partial charge in [0, 0.05) is 28.5 Å². The van der Waals surface area contributed by atoms with Gasteiger partial charge in [-0.3, -0.25) is 0 Å². The molecule has 102 valence electrons. The lowest BCUT2D eigenvalue weighted by atomic mass is 10.2. The second kappa shape index (κ2) is 7.08. The molecule has 2 rings (SSSR count). The molecule has 0 saturated carbocycles. The van der Waals surface area contributed by atoms with Gasteiger partial charge in [0.2, 0.25) is 0 Å². The van der Waals surface area contributed by atoms with E-state index in [2.05, 4.69) is 53.8 Å². The zero-order chi connectivity index (χ0) is 13.7. The number of thiazole rings is 1. The van der Waals surface area contributed by atoms with Gasteiger partial charge in [0.15, 0.2) is 0 Å².